The van der Waals surface area contributed by atoms with Gasteiger partial charge >= 0.3 is 0 Å². The molecule has 2 saturated heterocycles. The minimum atomic E-state index is -3.49. The minimum Gasteiger partial charge on any atom is -0.356 e. The zero-order chi connectivity index (χ0) is 20.9. The van der Waals surface area contributed by atoms with Crippen LogP contribution in [0.1, 0.15) is 31.1 Å². The zero-order valence-corrected chi connectivity index (χ0v) is 19.2. The summed E-state index contributed by atoms with van der Waals surface area (Å²) in [7, 11) is -3.49. The summed E-state index contributed by atoms with van der Waals surface area (Å²) in [5.41, 5.74) is 0. The molecule has 0 aliphatic carbocycles. The molecule has 1 atom stereocenters. The molecule has 1 N–H and O–H groups in total. The first-order valence-electron chi connectivity index (χ1n) is 10.7. The number of piperazine rings is 1. The predicted molar refractivity (Wildman–Crippen MR) is 117 cm³/mol. The van der Waals surface area contributed by atoms with Gasteiger partial charge in [0.25, 0.3) is 10.0 Å². The highest BCUT2D eigenvalue weighted by Crippen LogP contribution is 2.28. The third-order valence-corrected chi connectivity index (χ3v) is 9.26. The van der Waals surface area contributed by atoms with Gasteiger partial charge in [-0.1, -0.05) is 6.92 Å². The van der Waals surface area contributed by atoms with Gasteiger partial charge in [0.2, 0.25) is 5.91 Å². The molecule has 2 aliphatic heterocycles. The van der Waals surface area contributed by atoms with E-state index in [2.05, 4.69) is 22.0 Å². The SMILES string of the molecule is CCN1CCN(CCCNC(=O)C2CCCN(S(=O)(=O)c3ccc(C)s3)C2)CC1. The number of nitrogens with zero attached hydrogens (tertiary/aromatic N) is 3. The van der Waals surface area contributed by atoms with Gasteiger partial charge in [0.1, 0.15) is 4.21 Å². The molecular formula is C20H34N4O3S2. The van der Waals surface area contributed by atoms with Crippen LogP contribution < -0.4 is 5.32 Å². The van der Waals surface area contributed by atoms with Crippen LogP contribution in [-0.4, -0.2) is 87.3 Å². The van der Waals surface area contributed by atoms with E-state index in [0.717, 1.165) is 63.4 Å². The normalized spacial score (nSPS) is 22.6. The van der Waals surface area contributed by atoms with E-state index in [1.807, 2.05) is 13.0 Å². The van der Waals surface area contributed by atoms with Crippen molar-refractivity contribution in [2.75, 3.05) is 58.9 Å². The summed E-state index contributed by atoms with van der Waals surface area (Å²) >= 11 is 1.29. The van der Waals surface area contributed by atoms with Crippen molar-refractivity contribution >= 4 is 27.3 Å². The molecule has 1 aromatic heterocycles. The number of piperidine rings is 1. The van der Waals surface area contributed by atoms with Crippen molar-refractivity contribution in [1.82, 2.24) is 19.4 Å². The molecule has 1 amide bonds. The van der Waals surface area contributed by atoms with Gasteiger partial charge < -0.3 is 15.1 Å². The minimum absolute atomic E-state index is 0.0111. The second kappa shape index (κ2) is 10.3. The van der Waals surface area contributed by atoms with Crippen molar-refractivity contribution < 1.29 is 13.2 Å². The molecule has 9 heteroatoms. The van der Waals surface area contributed by atoms with E-state index in [1.54, 1.807) is 6.07 Å². The number of thiophene rings is 1. The lowest BCUT2D eigenvalue weighted by Gasteiger charge is -2.34. The standard InChI is InChI=1S/C20H34N4O3S2/c1-3-22-12-14-23(15-13-22)10-5-9-21-20(25)18-6-4-11-24(16-18)29(26,27)19-8-7-17(2)28-19/h7-8,18H,3-6,9-16H2,1-2H3,(H,21,25). The molecule has 3 rings (SSSR count). The molecule has 0 saturated carbocycles. The first-order valence-corrected chi connectivity index (χ1v) is 12.9. The van der Waals surface area contributed by atoms with Crippen LogP contribution in [0.5, 0.6) is 0 Å². The Bertz CT molecular complexity index is 772. The summed E-state index contributed by atoms with van der Waals surface area (Å²) in [6.45, 7) is 12.1. The number of amides is 1. The number of rotatable bonds is 8. The van der Waals surface area contributed by atoms with E-state index in [1.165, 1.54) is 15.6 Å². The maximum absolute atomic E-state index is 12.8. The Kier molecular flexibility index (Phi) is 8.09. The number of carbonyl (C=O) groups is 1. The Morgan fingerprint density at radius 3 is 2.55 bits per heavy atom. The van der Waals surface area contributed by atoms with Gasteiger partial charge in [-0.2, -0.15) is 4.31 Å². The number of hydrogen-bond acceptors (Lipinski definition) is 6. The Labute approximate surface area is 179 Å². The van der Waals surface area contributed by atoms with Crippen LogP contribution in [0.15, 0.2) is 16.3 Å². The summed E-state index contributed by atoms with van der Waals surface area (Å²) in [6, 6.07) is 3.49. The number of carbonyl (C=O) groups excluding carboxylic acids is 1. The van der Waals surface area contributed by atoms with E-state index in [0.29, 0.717) is 17.3 Å². The molecular weight excluding hydrogens is 408 g/mol. The fourth-order valence-corrected chi connectivity index (χ4v) is 7.00. The van der Waals surface area contributed by atoms with Crippen molar-refractivity contribution in [1.29, 1.82) is 0 Å². The van der Waals surface area contributed by atoms with Crippen LogP contribution in [0.4, 0.5) is 0 Å². The van der Waals surface area contributed by atoms with Crippen LogP contribution in [0.2, 0.25) is 0 Å². The van der Waals surface area contributed by atoms with Gasteiger partial charge in [0.05, 0.1) is 5.92 Å². The molecule has 7 nitrogen and oxygen atoms in total. The molecule has 164 valence electrons. The molecule has 0 spiro atoms. The lowest BCUT2D eigenvalue weighted by molar-refractivity contribution is -0.126. The Morgan fingerprint density at radius 1 is 1.17 bits per heavy atom. The molecule has 0 aromatic carbocycles. The molecule has 0 bridgehead atoms. The molecule has 3 heterocycles. The van der Waals surface area contributed by atoms with E-state index >= 15 is 0 Å². The summed E-state index contributed by atoms with van der Waals surface area (Å²) < 4.78 is 27.5. The number of hydrogen-bond donors (Lipinski definition) is 1. The molecule has 1 aromatic rings. The molecule has 29 heavy (non-hydrogen) atoms. The highest BCUT2D eigenvalue weighted by molar-refractivity contribution is 7.91. The lowest BCUT2D eigenvalue weighted by Crippen LogP contribution is -2.47. The molecule has 1 unspecified atom stereocenters. The van der Waals surface area contributed by atoms with E-state index in [9.17, 15) is 13.2 Å². The van der Waals surface area contributed by atoms with Crippen LogP contribution in [0.25, 0.3) is 0 Å². The Hall–Kier alpha value is -1.00. The van der Waals surface area contributed by atoms with E-state index < -0.39 is 10.0 Å². The summed E-state index contributed by atoms with van der Waals surface area (Å²) in [4.78, 5) is 18.5. The zero-order valence-electron chi connectivity index (χ0n) is 17.6. The average Bonchev–Trinajstić information content (AvgIpc) is 3.19. The van der Waals surface area contributed by atoms with Gasteiger partial charge in [0, 0.05) is 50.7 Å². The largest absolute Gasteiger partial charge is 0.356 e. The monoisotopic (exact) mass is 442 g/mol. The van der Waals surface area contributed by atoms with Crippen molar-refractivity contribution in [2.45, 2.75) is 37.3 Å². The second-order valence-electron chi connectivity index (χ2n) is 7.99. The number of likely N-dealkylation sites (N-methyl/N-ethyl adjacent to an activating group) is 1. The van der Waals surface area contributed by atoms with Gasteiger partial charge in [0.15, 0.2) is 0 Å². The quantitative estimate of drug-likeness (QED) is 0.619. The lowest BCUT2D eigenvalue weighted by atomic mass is 9.99. The fourth-order valence-electron chi connectivity index (χ4n) is 4.04. The predicted octanol–water partition coefficient (Wildman–Crippen LogP) is 1.60. The summed E-state index contributed by atoms with van der Waals surface area (Å²) in [5, 5.41) is 3.03. The topological polar surface area (TPSA) is 73.0 Å². The van der Waals surface area contributed by atoms with Gasteiger partial charge in [-0.05, 0) is 51.4 Å². The van der Waals surface area contributed by atoms with E-state index in [4.69, 9.17) is 0 Å². The van der Waals surface area contributed by atoms with Crippen LogP contribution >= 0.6 is 11.3 Å². The maximum atomic E-state index is 12.8. The average molecular weight is 443 g/mol. The van der Waals surface area contributed by atoms with Crippen LogP contribution in [0.3, 0.4) is 0 Å². The van der Waals surface area contributed by atoms with Gasteiger partial charge in [-0.15, -0.1) is 11.3 Å². The Morgan fingerprint density at radius 2 is 1.90 bits per heavy atom. The molecule has 2 fully saturated rings. The van der Waals surface area contributed by atoms with Crippen molar-refractivity contribution in [2.24, 2.45) is 5.92 Å². The third kappa shape index (κ3) is 6.01. The van der Waals surface area contributed by atoms with Crippen LogP contribution in [-0.2, 0) is 14.8 Å². The third-order valence-electron chi connectivity index (χ3n) is 5.93. The van der Waals surface area contributed by atoms with Gasteiger partial charge in [-0.3, -0.25) is 4.79 Å². The van der Waals surface area contributed by atoms with Crippen molar-refractivity contribution in [3.05, 3.63) is 17.0 Å². The number of aryl methyl sites for hydroxylation is 1. The summed E-state index contributed by atoms with van der Waals surface area (Å²) in [5.74, 6) is -0.268. The molecule has 2 aliphatic rings. The maximum Gasteiger partial charge on any atom is 0.252 e. The highest BCUT2D eigenvalue weighted by Gasteiger charge is 2.33. The number of nitrogens with one attached hydrogen (secondary N) is 1. The molecule has 0 radical (unpaired) electrons. The van der Waals surface area contributed by atoms with Crippen molar-refractivity contribution in [3.8, 4) is 0 Å². The van der Waals surface area contributed by atoms with Gasteiger partial charge in [-0.25, -0.2) is 8.42 Å². The first-order chi connectivity index (χ1) is 13.9. The van der Waals surface area contributed by atoms with E-state index in [-0.39, 0.29) is 18.4 Å². The van der Waals surface area contributed by atoms with Crippen LogP contribution in [0, 0.1) is 12.8 Å². The first kappa shape index (κ1) is 22.7. The second-order valence-corrected chi connectivity index (χ2v) is 11.4. The van der Waals surface area contributed by atoms with Crippen molar-refractivity contribution in [3.63, 3.8) is 0 Å². The Balaban J connectivity index is 1.42. The highest BCUT2D eigenvalue weighted by atomic mass is 32.2. The number of sulfonamides is 1. The summed E-state index contributed by atoms with van der Waals surface area (Å²) in [6.07, 6.45) is 2.41. The smallest absolute Gasteiger partial charge is 0.252 e. The fraction of sp³-hybridized carbons (Fsp3) is 0.750.